The SMILES string of the molecule is CC(CO)NCc1c(O)cccc1Cl. The molecule has 78 valence electrons. The van der Waals surface area contributed by atoms with Gasteiger partial charge in [-0.1, -0.05) is 17.7 Å². The molecule has 0 spiro atoms. The molecule has 0 aromatic heterocycles. The van der Waals surface area contributed by atoms with E-state index in [0.29, 0.717) is 17.1 Å². The number of rotatable bonds is 4. The largest absolute Gasteiger partial charge is 0.508 e. The van der Waals surface area contributed by atoms with Gasteiger partial charge in [0.1, 0.15) is 5.75 Å². The van der Waals surface area contributed by atoms with Crippen molar-refractivity contribution in [3.8, 4) is 5.75 Å². The Labute approximate surface area is 88.3 Å². The van der Waals surface area contributed by atoms with E-state index in [1.807, 2.05) is 6.92 Å². The molecule has 0 heterocycles. The Morgan fingerprint density at radius 3 is 2.79 bits per heavy atom. The topological polar surface area (TPSA) is 52.5 Å². The maximum atomic E-state index is 9.49. The summed E-state index contributed by atoms with van der Waals surface area (Å²) in [6.45, 7) is 2.37. The van der Waals surface area contributed by atoms with Crippen molar-refractivity contribution in [2.45, 2.75) is 19.5 Å². The van der Waals surface area contributed by atoms with Crippen molar-refractivity contribution in [1.82, 2.24) is 5.32 Å². The molecular formula is C10H14ClNO2. The summed E-state index contributed by atoms with van der Waals surface area (Å²) < 4.78 is 0. The van der Waals surface area contributed by atoms with Crippen LogP contribution in [0.25, 0.3) is 0 Å². The Bertz CT molecular complexity index is 284. The van der Waals surface area contributed by atoms with Crippen LogP contribution in [0.3, 0.4) is 0 Å². The molecule has 0 saturated heterocycles. The molecule has 0 aliphatic heterocycles. The van der Waals surface area contributed by atoms with Crippen molar-refractivity contribution in [3.63, 3.8) is 0 Å². The van der Waals surface area contributed by atoms with Gasteiger partial charge in [0, 0.05) is 23.2 Å². The molecule has 1 aromatic carbocycles. The molecule has 3 N–H and O–H groups in total. The van der Waals surface area contributed by atoms with Gasteiger partial charge in [-0.05, 0) is 19.1 Å². The summed E-state index contributed by atoms with van der Waals surface area (Å²) in [5.41, 5.74) is 0.662. The zero-order valence-electron chi connectivity index (χ0n) is 8.00. The van der Waals surface area contributed by atoms with E-state index in [4.69, 9.17) is 16.7 Å². The van der Waals surface area contributed by atoms with E-state index in [-0.39, 0.29) is 18.4 Å². The molecule has 0 radical (unpaired) electrons. The Kier molecular flexibility index (Phi) is 4.20. The molecule has 1 rings (SSSR count). The highest BCUT2D eigenvalue weighted by Gasteiger charge is 2.06. The molecule has 0 fully saturated rings. The number of aromatic hydroxyl groups is 1. The van der Waals surface area contributed by atoms with Crippen molar-refractivity contribution >= 4 is 11.6 Å². The van der Waals surface area contributed by atoms with Crippen LogP contribution in [0.2, 0.25) is 5.02 Å². The lowest BCUT2D eigenvalue weighted by Crippen LogP contribution is -2.28. The van der Waals surface area contributed by atoms with Crippen LogP contribution in [0.5, 0.6) is 5.75 Å². The minimum absolute atomic E-state index is 0.00864. The monoisotopic (exact) mass is 215 g/mol. The van der Waals surface area contributed by atoms with Gasteiger partial charge in [-0.25, -0.2) is 0 Å². The van der Waals surface area contributed by atoms with Gasteiger partial charge in [-0.3, -0.25) is 0 Å². The molecule has 3 nitrogen and oxygen atoms in total. The first-order valence-corrected chi connectivity index (χ1v) is 4.83. The van der Waals surface area contributed by atoms with Gasteiger partial charge in [0.25, 0.3) is 0 Å². The first-order chi connectivity index (χ1) is 6.65. The second-order valence-corrected chi connectivity index (χ2v) is 3.61. The highest BCUT2D eigenvalue weighted by Crippen LogP contribution is 2.24. The van der Waals surface area contributed by atoms with Crippen LogP contribution in [-0.4, -0.2) is 22.9 Å². The number of phenolic OH excluding ortho intramolecular Hbond substituents is 1. The minimum Gasteiger partial charge on any atom is -0.508 e. The Morgan fingerprint density at radius 1 is 1.50 bits per heavy atom. The second kappa shape index (κ2) is 5.20. The fourth-order valence-corrected chi connectivity index (χ4v) is 1.30. The zero-order valence-corrected chi connectivity index (χ0v) is 8.75. The van der Waals surface area contributed by atoms with Crippen LogP contribution in [0.15, 0.2) is 18.2 Å². The smallest absolute Gasteiger partial charge is 0.121 e. The molecule has 1 atom stereocenters. The van der Waals surface area contributed by atoms with Crippen LogP contribution in [0.4, 0.5) is 0 Å². The summed E-state index contributed by atoms with van der Waals surface area (Å²) in [6, 6.07) is 5.00. The van der Waals surface area contributed by atoms with E-state index < -0.39 is 0 Å². The van der Waals surface area contributed by atoms with Gasteiger partial charge in [0.05, 0.1) is 6.61 Å². The van der Waals surface area contributed by atoms with Crippen molar-refractivity contribution in [3.05, 3.63) is 28.8 Å². The Balaban J connectivity index is 2.66. The molecule has 0 aliphatic carbocycles. The molecule has 1 unspecified atom stereocenters. The first kappa shape index (κ1) is 11.3. The quantitative estimate of drug-likeness (QED) is 0.714. The predicted octanol–water partition coefficient (Wildman–Crippen LogP) is 1.52. The van der Waals surface area contributed by atoms with Crippen molar-refractivity contribution in [2.75, 3.05) is 6.61 Å². The maximum absolute atomic E-state index is 9.49. The molecule has 0 aliphatic rings. The van der Waals surface area contributed by atoms with E-state index in [1.54, 1.807) is 18.2 Å². The molecular weight excluding hydrogens is 202 g/mol. The number of aliphatic hydroxyl groups excluding tert-OH is 1. The fraction of sp³-hybridized carbons (Fsp3) is 0.400. The fourth-order valence-electron chi connectivity index (χ4n) is 1.06. The van der Waals surface area contributed by atoms with E-state index in [0.717, 1.165) is 0 Å². The third kappa shape index (κ3) is 2.87. The van der Waals surface area contributed by atoms with Crippen molar-refractivity contribution in [1.29, 1.82) is 0 Å². The van der Waals surface area contributed by atoms with E-state index in [9.17, 15) is 5.11 Å². The number of halogens is 1. The molecule has 0 bridgehead atoms. The van der Waals surface area contributed by atoms with Crippen LogP contribution < -0.4 is 5.32 Å². The number of aliphatic hydroxyl groups is 1. The number of hydrogen-bond acceptors (Lipinski definition) is 3. The Hall–Kier alpha value is -0.770. The van der Waals surface area contributed by atoms with Gasteiger partial charge in [-0.2, -0.15) is 0 Å². The summed E-state index contributed by atoms with van der Waals surface area (Å²) in [6.07, 6.45) is 0. The minimum atomic E-state index is -0.00864. The van der Waals surface area contributed by atoms with Crippen LogP contribution in [-0.2, 0) is 6.54 Å². The molecule has 1 aromatic rings. The average molecular weight is 216 g/mol. The molecule has 0 saturated carbocycles. The average Bonchev–Trinajstić information content (AvgIpc) is 2.16. The first-order valence-electron chi connectivity index (χ1n) is 4.45. The van der Waals surface area contributed by atoms with E-state index in [2.05, 4.69) is 5.32 Å². The standard InChI is InChI=1S/C10H14ClNO2/c1-7(6-13)12-5-8-9(11)3-2-4-10(8)14/h2-4,7,12-14H,5-6H2,1H3. The molecule has 0 amide bonds. The van der Waals surface area contributed by atoms with Crippen LogP contribution in [0.1, 0.15) is 12.5 Å². The van der Waals surface area contributed by atoms with Gasteiger partial charge < -0.3 is 15.5 Å². The van der Waals surface area contributed by atoms with E-state index >= 15 is 0 Å². The number of hydrogen-bond donors (Lipinski definition) is 3. The molecule has 14 heavy (non-hydrogen) atoms. The highest BCUT2D eigenvalue weighted by atomic mass is 35.5. The zero-order chi connectivity index (χ0) is 10.6. The number of benzene rings is 1. The van der Waals surface area contributed by atoms with E-state index in [1.165, 1.54) is 0 Å². The van der Waals surface area contributed by atoms with Gasteiger partial charge in [0.15, 0.2) is 0 Å². The second-order valence-electron chi connectivity index (χ2n) is 3.20. The van der Waals surface area contributed by atoms with Crippen LogP contribution >= 0.6 is 11.6 Å². The van der Waals surface area contributed by atoms with Gasteiger partial charge in [-0.15, -0.1) is 0 Å². The summed E-state index contributed by atoms with van der Waals surface area (Å²) in [5, 5.41) is 21.8. The third-order valence-electron chi connectivity index (χ3n) is 2.00. The third-order valence-corrected chi connectivity index (χ3v) is 2.35. The summed E-state index contributed by atoms with van der Waals surface area (Å²) in [7, 11) is 0. The predicted molar refractivity (Wildman–Crippen MR) is 56.5 cm³/mol. The van der Waals surface area contributed by atoms with Gasteiger partial charge in [0.2, 0.25) is 0 Å². The summed E-state index contributed by atoms with van der Waals surface area (Å²) in [5.74, 6) is 0.176. The lowest BCUT2D eigenvalue weighted by molar-refractivity contribution is 0.250. The summed E-state index contributed by atoms with van der Waals surface area (Å²) in [4.78, 5) is 0. The van der Waals surface area contributed by atoms with Crippen LogP contribution in [0, 0.1) is 0 Å². The highest BCUT2D eigenvalue weighted by molar-refractivity contribution is 6.31. The Morgan fingerprint density at radius 2 is 2.21 bits per heavy atom. The number of nitrogens with one attached hydrogen (secondary N) is 1. The maximum Gasteiger partial charge on any atom is 0.121 e. The van der Waals surface area contributed by atoms with Crippen molar-refractivity contribution in [2.24, 2.45) is 0 Å². The summed E-state index contributed by atoms with van der Waals surface area (Å²) >= 11 is 5.89. The normalized spacial score (nSPS) is 12.8. The van der Waals surface area contributed by atoms with Crippen molar-refractivity contribution < 1.29 is 10.2 Å². The lowest BCUT2D eigenvalue weighted by atomic mass is 10.2. The number of phenols is 1. The lowest BCUT2D eigenvalue weighted by Gasteiger charge is -2.12. The van der Waals surface area contributed by atoms with Gasteiger partial charge >= 0.3 is 0 Å². The molecule has 4 heteroatoms.